The molecule has 17 heavy (non-hydrogen) atoms. The summed E-state index contributed by atoms with van der Waals surface area (Å²) in [5.41, 5.74) is 0.556. The molecule has 1 aromatic carbocycles. The molecule has 0 saturated heterocycles. The monoisotopic (exact) mass is 295 g/mol. The van der Waals surface area contributed by atoms with Gasteiger partial charge in [-0.2, -0.15) is 0 Å². The van der Waals surface area contributed by atoms with Crippen LogP contribution in [0.4, 0.5) is 0 Å². The van der Waals surface area contributed by atoms with Crippen molar-refractivity contribution in [2.45, 2.75) is 6.92 Å². The number of hydrogen-bond acceptors (Lipinski definition) is 2. The molecular weight excluding hydrogens is 286 g/mol. The zero-order valence-electron chi connectivity index (χ0n) is 9.08. The molecule has 1 amide bonds. The van der Waals surface area contributed by atoms with Gasteiger partial charge in [0.15, 0.2) is 0 Å². The van der Waals surface area contributed by atoms with E-state index in [2.05, 4.69) is 33.1 Å². The molecule has 5 heteroatoms. The number of aromatic carboxylic acids is 1. The van der Waals surface area contributed by atoms with Crippen LogP contribution in [0.5, 0.6) is 0 Å². The number of carboxylic acid groups (broad SMARTS) is 1. The number of carboxylic acids is 1. The number of hydrogen-bond donors (Lipinski definition) is 2. The van der Waals surface area contributed by atoms with E-state index in [1.165, 1.54) is 13.0 Å². The Morgan fingerprint density at radius 2 is 2.18 bits per heavy atom. The lowest BCUT2D eigenvalue weighted by Gasteiger charge is -1.99. The smallest absolute Gasteiger partial charge is 0.336 e. The molecule has 0 aliphatic heterocycles. The second kappa shape index (κ2) is 6.06. The molecule has 0 heterocycles. The Kier molecular flexibility index (Phi) is 4.73. The maximum absolute atomic E-state index is 10.9. The van der Waals surface area contributed by atoms with Gasteiger partial charge in [0.1, 0.15) is 0 Å². The Balaban J connectivity index is 2.92. The molecule has 0 aliphatic rings. The van der Waals surface area contributed by atoms with Crippen molar-refractivity contribution in [3.8, 4) is 11.8 Å². The predicted molar refractivity (Wildman–Crippen MR) is 66.7 cm³/mol. The summed E-state index contributed by atoms with van der Waals surface area (Å²) in [4.78, 5) is 21.5. The molecule has 0 fully saturated rings. The van der Waals surface area contributed by atoms with Gasteiger partial charge in [-0.25, -0.2) is 4.79 Å². The zero-order valence-corrected chi connectivity index (χ0v) is 10.7. The first-order valence-corrected chi connectivity index (χ1v) is 5.56. The molecule has 0 atom stereocenters. The van der Waals surface area contributed by atoms with Gasteiger partial charge >= 0.3 is 5.97 Å². The van der Waals surface area contributed by atoms with Crippen molar-refractivity contribution in [2.24, 2.45) is 0 Å². The van der Waals surface area contributed by atoms with Crippen molar-refractivity contribution in [1.29, 1.82) is 0 Å². The van der Waals surface area contributed by atoms with Crippen molar-refractivity contribution in [3.05, 3.63) is 33.8 Å². The molecule has 0 bridgehead atoms. The minimum Gasteiger partial charge on any atom is -0.478 e. The summed E-state index contributed by atoms with van der Waals surface area (Å²) >= 11 is 3.25. The highest BCUT2D eigenvalue weighted by Crippen LogP contribution is 2.15. The minimum absolute atomic E-state index is 0.142. The fourth-order valence-electron chi connectivity index (χ4n) is 1.11. The van der Waals surface area contributed by atoms with E-state index in [0.717, 1.165) is 4.47 Å². The minimum atomic E-state index is -1.03. The van der Waals surface area contributed by atoms with Gasteiger partial charge in [-0.15, -0.1) is 0 Å². The highest BCUT2D eigenvalue weighted by atomic mass is 79.9. The first-order chi connectivity index (χ1) is 8.00. The van der Waals surface area contributed by atoms with Crippen LogP contribution in [-0.4, -0.2) is 23.5 Å². The molecule has 0 radical (unpaired) electrons. The van der Waals surface area contributed by atoms with Crippen LogP contribution < -0.4 is 5.32 Å². The molecule has 88 valence electrons. The Hall–Kier alpha value is -1.80. The lowest BCUT2D eigenvalue weighted by molar-refractivity contribution is -0.118. The lowest BCUT2D eigenvalue weighted by Crippen LogP contribution is -2.19. The fraction of sp³-hybridized carbons (Fsp3) is 0.167. The van der Waals surface area contributed by atoms with Crippen LogP contribution in [0.25, 0.3) is 0 Å². The van der Waals surface area contributed by atoms with Crippen molar-refractivity contribution in [1.82, 2.24) is 5.32 Å². The Labute approximate surface area is 107 Å². The molecule has 0 spiro atoms. The summed E-state index contributed by atoms with van der Waals surface area (Å²) in [7, 11) is 0. The largest absolute Gasteiger partial charge is 0.478 e. The summed E-state index contributed by atoms with van der Waals surface area (Å²) in [6, 6.07) is 4.75. The van der Waals surface area contributed by atoms with Crippen LogP contribution in [-0.2, 0) is 4.79 Å². The van der Waals surface area contributed by atoms with E-state index >= 15 is 0 Å². The van der Waals surface area contributed by atoms with Gasteiger partial charge in [-0.3, -0.25) is 4.79 Å². The number of halogens is 1. The molecule has 0 aromatic heterocycles. The molecule has 0 saturated carbocycles. The van der Waals surface area contributed by atoms with Crippen LogP contribution in [0.3, 0.4) is 0 Å². The van der Waals surface area contributed by atoms with Gasteiger partial charge in [-0.1, -0.05) is 27.8 Å². The second-order valence-corrected chi connectivity index (χ2v) is 4.12. The van der Waals surface area contributed by atoms with Gasteiger partial charge in [0.05, 0.1) is 12.1 Å². The molecule has 2 N–H and O–H groups in total. The van der Waals surface area contributed by atoms with Gasteiger partial charge < -0.3 is 10.4 Å². The van der Waals surface area contributed by atoms with E-state index in [-0.39, 0.29) is 18.0 Å². The maximum Gasteiger partial charge on any atom is 0.336 e. The Morgan fingerprint density at radius 1 is 1.47 bits per heavy atom. The zero-order chi connectivity index (χ0) is 12.8. The van der Waals surface area contributed by atoms with E-state index in [9.17, 15) is 9.59 Å². The van der Waals surface area contributed by atoms with Crippen LogP contribution in [0.2, 0.25) is 0 Å². The average Bonchev–Trinajstić information content (AvgIpc) is 2.23. The first-order valence-electron chi connectivity index (χ1n) is 4.77. The number of rotatable bonds is 2. The summed E-state index contributed by atoms with van der Waals surface area (Å²) in [5, 5.41) is 11.5. The van der Waals surface area contributed by atoms with Crippen molar-refractivity contribution in [2.75, 3.05) is 6.54 Å². The average molecular weight is 296 g/mol. The number of amides is 1. The van der Waals surface area contributed by atoms with Crippen LogP contribution in [0, 0.1) is 11.8 Å². The molecule has 4 nitrogen and oxygen atoms in total. The number of benzene rings is 1. The molecular formula is C12H10BrNO3. The van der Waals surface area contributed by atoms with E-state index in [1.54, 1.807) is 12.1 Å². The molecule has 0 unspecified atom stereocenters. The van der Waals surface area contributed by atoms with E-state index in [4.69, 9.17) is 5.11 Å². The summed E-state index contributed by atoms with van der Waals surface area (Å²) < 4.78 is 0.756. The number of nitrogens with one attached hydrogen (secondary N) is 1. The van der Waals surface area contributed by atoms with Crippen molar-refractivity contribution in [3.63, 3.8) is 0 Å². The van der Waals surface area contributed by atoms with Gasteiger partial charge in [-0.05, 0) is 18.2 Å². The third-order valence-corrected chi connectivity index (χ3v) is 2.35. The SMILES string of the molecule is CC(=O)NCC#Cc1cc(Br)ccc1C(=O)O. The van der Waals surface area contributed by atoms with Crippen LogP contribution >= 0.6 is 15.9 Å². The molecule has 1 rings (SSSR count). The van der Waals surface area contributed by atoms with Gasteiger partial charge in [0.2, 0.25) is 5.91 Å². The predicted octanol–water partition coefficient (Wildman–Crippen LogP) is 1.63. The van der Waals surface area contributed by atoms with Crippen molar-refractivity contribution >= 4 is 27.8 Å². The van der Waals surface area contributed by atoms with Gasteiger partial charge in [0, 0.05) is 17.0 Å². The highest BCUT2D eigenvalue weighted by molar-refractivity contribution is 9.10. The highest BCUT2D eigenvalue weighted by Gasteiger charge is 2.07. The van der Waals surface area contributed by atoms with E-state index in [0.29, 0.717) is 5.56 Å². The number of carbonyl (C=O) groups excluding carboxylic acids is 1. The summed E-state index contributed by atoms with van der Waals surface area (Å²) in [6.45, 7) is 1.59. The van der Waals surface area contributed by atoms with Crippen molar-refractivity contribution < 1.29 is 14.7 Å². The number of carbonyl (C=O) groups is 2. The summed E-state index contributed by atoms with van der Waals surface area (Å²) in [5.74, 6) is 4.20. The van der Waals surface area contributed by atoms with Gasteiger partial charge in [0.25, 0.3) is 0 Å². The third-order valence-electron chi connectivity index (χ3n) is 1.86. The Morgan fingerprint density at radius 3 is 2.76 bits per heavy atom. The van der Waals surface area contributed by atoms with Crippen LogP contribution in [0.15, 0.2) is 22.7 Å². The maximum atomic E-state index is 10.9. The van der Waals surface area contributed by atoms with E-state index in [1.807, 2.05) is 0 Å². The second-order valence-electron chi connectivity index (χ2n) is 3.21. The van der Waals surface area contributed by atoms with E-state index < -0.39 is 5.97 Å². The summed E-state index contributed by atoms with van der Waals surface area (Å²) in [6.07, 6.45) is 0. The molecule has 1 aromatic rings. The fourth-order valence-corrected chi connectivity index (χ4v) is 1.48. The third kappa shape index (κ3) is 4.29. The normalized spacial score (nSPS) is 9.06. The topological polar surface area (TPSA) is 66.4 Å². The Bertz CT molecular complexity index is 514. The lowest BCUT2D eigenvalue weighted by atomic mass is 10.1. The van der Waals surface area contributed by atoms with Crippen LogP contribution in [0.1, 0.15) is 22.8 Å². The standard InChI is InChI=1S/C12H10BrNO3/c1-8(15)14-6-2-3-9-7-10(13)4-5-11(9)12(16)17/h4-5,7H,6H2,1H3,(H,14,15)(H,16,17). The molecule has 0 aliphatic carbocycles. The first kappa shape index (κ1) is 13.3. The quantitative estimate of drug-likeness (QED) is 0.815.